The highest BCUT2D eigenvalue weighted by atomic mass is 35.5. The Labute approximate surface area is 98.2 Å². The second-order valence-electron chi connectivity index (χ2n) is 3.42. The first-order valence-corrected chi connectivity index (χ1v) is 5.16. The van der Waals surface area contributed by atoms with E-state index >= 15 is 0 Å². The van der Waals surface area contributed by atoms with Crippen LogP contribution in [0.3, 0.4) is 0 Å². The summed E-state index contributed by atoms with van der Waals surface area (Å²) in [5.41, 5.74) is 7.24. The second kappa shape index (κ2) is 4.40. The standard InChI is InChI=1S/C10H12ClN5/c1-16-6-14-10(15-16)5-13-9-4-7(11)2-3-8(9)12/h2-4,6,13H,5,12H2,1H3. The van der Waals surface area contributed by atoms with Crippen molar-refractivity contribution < 1.29 is 0 Å². The van der Waals surface area contributed by atoms with E-state index in [0.29, 0.717) is 23.1 Å². The molecule has 1 aromatic carbocycles. The third-order valence-corrected chi connectivity index (χ3v) is 2.33. The molecule has 0 amide bonds. The summed E-state index contributed by atoms with van der Waals surface area (Å²) in [6, 6.07) is 5.29. The van der Waals surface area contributed by atoms with Crippen LogP contribution in [0.25, 0.3) is 0 Å². The Balaban J connectivity index is 2.07. The number of rotatable bonds is 3. The summed E-state index contributed by atoms with van der Waals surface area (Å²) in [6.07, 6.45) is 1.65. The topological polar surface area (TPSA) is 68.8 Å². The number of benzene rings is 1. The Morgan fingerprint density at radius 2 is 2.31 bits per heavy atom. The van der Waals surface area contributed by atoms with E-state index in [1.54, 1.807) is 29.2 Å². The molecule has 16 heavy (non-hydrogen) atoms. The molecule has 0 saturated heterocycles. The number of aromatic nitrogens is 3. The van der Waals surface area contributed by atoms with Gasteiger partial charge in [0, 0.05) is 12.1 Å². The molecule has 0 spiro atoms. The molecule has 0 bridgehead atoms. The van der Waals surface area contributed by atoms with Gasteiger partial charge in [0.05, 0.1) is 17.9 Å². The number of hydrogen-bond donors (Lipinski definition) is 2. The molecular weight excluding hydrogens is 226 g/mol. The molecule has 1 aromatic heterocycles. The fraction of sp³-hybridized carbons (Fsp3) is 0.200. The molecule has 5 nitrogen and oxygen atoms in total. The van der Waals surface area contributed by atoms with Gasteiger partial charge in [-0.15, -0.1) is 0 Å². The van der Waals surface area contributed by atoms with E-state index in [9.17, 15) is 0 Å². The fourth-order valence-electron chi connectivity index (χ4n) is 1.32. The molecule has 84 valence electrons. The lowest BCUT2D eigenvalue weighted by Gasteiger charge is -2.07. The van der Waals surface area contributed by atoms with Crippen LogP contribution in [0.15, 0.2) is 24.5 Å². The first-order valence-electron chi connectivity index (χ1n) is 4.78. The summed E-state index contributed by atoms with van der Waals surface area (Å²) in [4.78, 5) is 4.10. The minimum absolute atomic E-state index is 0.519. The van der Waals surface area contributed by atoms with Gasteiger partial charge in [0.25, 0.3) is 0 Å². The second-order valence-corrected chi connectivity index (χ2v) is 3.86. The first kappa shape index (κ1) is 10.8. The van der Waals surface area contributed by atoms with Crippen LogP contribution in [0.4, 0.5) is 11.4 Å². The van der Waals surface area contributed by atoms with Gasteiger partial charge in [0.15, 0.2) is 5.82 Å². The summed E-state index contributed by atoms with van der Waals surface area (Å²) in [5.74, 6) is 0.710. The molecule has 0 fully saturated rings. The van der Waals surface area contributed by atoms with E-state index < -0.39 is 0 Å². The van der Waals surface area contributed by atoms with Crippen molar-refractivity contribution in [3.05, 3.63) is 35.4 Å². The molecule has 0 saturated carbocycles. The number of anilines is 2. The van der Waals surface area contributed by atoms with Crippen LogP contribution in [0.5, 0.6) is 0 Å². The summed E-state index contributed by atoms with van der Waals surface area (Å²) in [7, 11) is 1.82. The van der Waals surface area contributed by atoms with Gasteiger partial charge < -0.3 is 11.1 Å². The maximum Gasteiger partial charge on any atom is 0.169 e. The molecular formula is C10H12ClN5. The highest BCUT2D eigenvalue weighted by Crippen LogP contribution is 2.23. The van der Waals surface area contributed by atoms with Crippen molar-refractivity contribution in [2.24, 2.45) is 7.05 Å². The normalized spacial score (nSPS) is 10.4. The summed E-state index contributed by atoms with van der Waals surface area (Å²) in [6.45, 7) is 0.519. The van der Waals surface area contributed by atoms with Gasteiger partial charge in [0.2, 0.25) is 0 Å². The maximum atomic E-state index is 5.87. The van der Waals surface area contributed by atoms with Crippen LogP contribution in [0, 0.1) is 0 Å². The molecule has 2 aromatic rings. The molecule has 1 heterocycles. The molecule has 0 unspecified atom stereocenters. The van der Waals surface area contributed by atoms with Crippen molar-refractivity contribution in [2.45, 2.75) is 6.54 Å². The van der Waals surface area contributed by atoms with Gasteiger partial charge in [-0.2, -0.15) is 5.10 Å². The smallest absolute Gasteiger partial charge is 0.169 e. The van der Waals surface area contributed by atoms with E-state index in [4.69, 9.17) is 17.3 Å². The number of halogens is 1. The van der Waals surface area contributed by atoms with Crippen molar-refractivity contribution in [3.63, 3.8) is 0 Å². The first-order chi connectivity index (χ1) is 7.65. The Hall–Kier alpha value is -1.75. The SMILES string of the molecule is Cn1cnc(CNc2cc(Cl)ccc2N)n1. The van der Waals surface area contributed by atoms with Crippen LogP contribution < -0.4 is 11.1 Å². The third-order valence-electron chi connectivity index (χ3n) is 2.10. The molecule has 0 radical (unpaired) electrons. The van der Waals surface area contributed by atoms with Crippen molar-refractivity contribution >= 4 is 23.0 Å². The van der Waals surface area contributed by atoms with Gasteiger partial charge in [-0.05, 0) is 18.2 Å². The largest absolute Gasteiger partial charge is 0.397 e. The fourth-order valence-corrected chi connectivity index (χ4v) is 1.49. The van der Waals surface area contributed by atoms with E-state index in [0.717, 1.165) is 5.69 Å². The third kappa shape index (κ3) is 2.43. The van der Waals surface area contributed by atoms with E-state index in [2.05, 4.69) is 15.4 Å². The van der Waals surface area contributed by atoms with Crippen molar-refractivity contribution in [1.29, 1.82) is 0 Å². The average Bonchev–Trinajstić information content (AvgIpc) is 2.66. The molecule has 0 aliphatic heterocycles. The summed E-state index contributed by atoms with van der Waals surface area (Å²) in [5, 5.41) is 7.93. The molecule has 3 N–H and O–H groups in total. The quantitative estimate of drug-likeness (QED) is 0.797. The van der Waals surface area contributed by atoms with Crippen molar-refractivity contribution in [3.8, 4) is 0 Å². The highest BCUT2D eigenvalue weighted by molar-refractivity contribution is 6.31. The zero-order valence-electron chi connectivity index (χ0n) is 8.81. The summed E-state index contributed by atoms with van der Waals surface area (Å²) >= 11 is 5.87. The van der Waals surface area contributed by atoms with Gasteiger partial charge in [0.1, 0.15) is 6.33 Å². The van der Waals surface area contributed by atoms with Crippen molar-refractivity contribution in [2.75, 3.05) is 11.1 Å². The lowest BCUT2D eigenvalue weighted by Crippen LogP contribution is -2.04. The molecule has 0 aliphatic rings. The van der Waals surface area contributed by atoms with Crippen LogP contribution in [-0.4, -0.2) is 14.8 Å². The maximum absolute atomic E-state index is 5.87. The monoisotopic (exact) mass is 237 g/mol. The van der Waals surface area contributed by atoms with Crippen LogP contribution in [-0.2, 0) is 13.6 Å². The van der Waals surface area contributed by atoms with Gasteiger partial charge in [-0.25, -0.2) is 4.98 Å². The van der Waals surface area contributed by atoms with E-state index in [-0.39, 0.29) is 0 Å². The number of hydrogen-bond acceptors (Lipinski definition) is 4. The number of aryl methyl sites for hydroxylation is 1. The minimum Gasteiger partial charge on any atom is -0.397 e. The van der Waals surface area contributed by atoms with Crippen molar-refractivity contribution in [1.82, 2.24) is 14.8 Å². The molecule has 0 atom stereocenters. The van der Waals surface area contributed by atoms with Crippen LogP contribution in [0.2, 0.25) is 5.02 Å². The lowest BCUT2D eigenvalue weighted by atomic mass is 10.2. The minimum atomic E-state index is 0.519. The number of nitrogens with zero attached hydrogens (tertiary/aromatic N) is 3. The Morgan fingerprint density at radius 1 is 1.50 bits per heavy atom. The van der Waals surface area contributed by atoms with Gasteiger partial charge in [-0.3, -0.25) is 4.68 Å². The van der Waals surface area contributed by atoms with Crippen LogP contribution >= 0.6 is 11.6 Å². The summed E-state index contributed by atoms with van der Waals surface area (Å²) < 4.78 is 1.65. The predicted molar refractivity (Wildman–Crippen MR) is 64.2 cm³/mol. The molecule has 0 aliphatic carbocycles. The lowest BCUT2D eigenvalue weighted by molar-refractivity contribution is 0.747. The van der Waals surface area contributed by atoms with Gasteiger partial charge >= 0.3 is 0 Å². The average molecular weight is 238 g/mol. The van der Waals surface area contributed by atoms with Crippen LogP contribution in [0.1, 0.15) is 5.82 Å². The Bertz CT molecular complexity index is 494. The number of nitrogen functional groups attached to an aromatic ring is 1. The zero-order chi connectivity index (χ0) is 11.5. The molecule has 2 rings (SSSR count). The number of nitrogens with one attached hydrogen (secondary N) is 1. The van der Waals surface area contributed by atoms with E-state index in [1.807, 2.05) is 7.05 Å². The zero-order valence-corrected chi connectivity index (χ0v) is 9.57. The van der Waals surface area contributed by atoms with E-state index in [1.165, 1.54) is 0 Å². The predicted octanol–water partition coefficient (Wildman–Crippen LogP) is 1.66. The van der Waals surface area contributed by atoms with Gasteiger partial charge in [-0.1, -0.05) is 11.6 Å². The Morgan fingerprint density at radius 3 is 3.00 bits per heavy atom. The number of nitrogens with two attached hydrogens (primary N) is 1. The molecule has 6 heteroatoms. The highest BCUT2D eigenvalue weighted by Gasteiger charge is 2.02. The Kier molecular flexibility index (Phi) is 2.96.